The van der Waals surface area contributed by atoms with E-state index in [1.54, 1.807) is 24.3 Å². The second kappa shape index (κ2) is 9.50. The van der Waals surface area contributed by atoms with Crippen molar-refractivity contribution < 1.29 is 18.3 Å². The molecule has 1 aliphatic rings. The fraction of sp³-hybridized carbons (Fsp3) is 0.333. The lowest BCUT2D eigenvalue weighted by molar-refractivity contribution is 0.0751. The molecule has 0 amide bonds. The first kappa shape index (κ1) is 23.1. The third-order valence-electron chi connectivity index (χ3n) is 6.58. The van der Waals surface area contributed by atoms with Crippen molar-refractivity contribution in [3.8, 4) is 0 Å². The summed E-state index contributed by atoms with van der Waals surface area (Å²) in [7, 11) is -3.78. The maximum absolute atomic E-state index is 13.5. The molecule has 1 N–H and O–H groups in total. The maximum atomic E-state index is 13.5. The monoisotopic (exact) mass is 478 g/mol. The normalized spacial score (nSPS) is 17.7. The van der Waals surface area contributed by atoms with Gasteiger partial charge in [-0.15, -0.1) is 0 Å². The van der Waals surface area contributed by atoms with Crippen molar-refractivity contribution in [3.63, 3.8) is 0 Å². The second-order valence-electron chi connectivity index (χ2n) is 9.07. The highest BCUT2D eigenvalue weighted by atomic mass is 32.2. The summed E-state index contributed by atoms with van der Waals surface area (Å²) in [4.78, 5) is 0.236. The highest BCUT2D eigenvalue weighted by Gasteiger charge is 2.31. The molecule has 0 bridgehead atoms. The van der Waals surface area contributed by atoms with Crippen LogP contribution in [0, 0.1) is 6.92 Å². The zero-order valence-electron chi connectivity index (χ0n) is 19.3. The van der Waals surface area contributed by atoms with E-state index in [1.165, 1.54) is 4.31 Å². The predicted octanol–water partition coefficient (Wildman–Crippen LogP) is 4.33. The molecule has 6 nitrogen and oxygen atoms in total. The van der Waals surface area contributed by atoms with Gasteiger partial charge in [0.1, 0.15) is 0 Å². The van der Waals surface area contributed by atoms with Gasteiger partial charge >= 0.3 is 0 Å². The molecule has 0 unspecified atom stereocenters. The highest BCUT2D eigenvalue weighted by molar-refractivity contribution is 7.89. The van der Waals surface area contributed by atoms with E-state index in [4.69, 9.17) is 4.74 Å². The van der Waals surface area contributed by atoms with Gasteiger partial charge in [0, 0.05) is 41.5 Å². The Balaban J connectivity index is 1.45. The summed E-state index contributed by atoms with van der Waals surface area (Å²) >= 11 is 0. The van der Waals surface area contributed by atoms with Gasteiger partial charge in [0.05, 0.1) is 23.6 Å². The van der Waals surface area contributed by atoms with Gasteiger partial charge in [-0.3, -0.25) is 0 Å². The molecule has 0 spiro atoms. The molecule has 0 aliphatic carbocycles. The first-order valence-corrected chi connectivity index (χ1v) is 13.2. The average Bonchev–Trinajstić information content (AvgIpc) is 3.46. The zero-order chi connectivity index (χ0) is 23.7. The lowest BCUT2D eigenvalue weighted by atomic mass is 10.2. The minimum Gasteiger partial charge on any atom is -0.390 e. The molecule has 1 fully saturated rings. The van der Waals surface area contributed by atoms with E-state index in [1.807, 2.05) is 43.3 Å². The van der Waals surface area contributed by atoms with E-state index in [0.717, 1.165) is 40.2 Å². The highest BCUT2D eigenvalue weighted by Crippen LogP contribution is 2.29. The number of rotatable bonds is 8. The number of aliphatic hydroxyl groups is 1. The van der Waals surface area contributed by atoms with Gasteiger partial charge in [-0.1, -0.05) is 54.1 Å². The van der Waals surface area contributed by atoms with Gasteiger partial charge in [-0.25, -0.2) is 8.42 Å². The molecule has 1 aliphatic heterocycles. The lowest BCUT2D eigenvalue weighted by Crippen LogP contribution is -2.43. The van der Waals surface area contributed by atoms with Crippen molar-refractivity contribution in [2.75, 3.05) is 19.7 Å². The SMILES string of the molecule is Cc1ccc(S(=O)(=O)N(C[C@@H](O)Cn2c3ccccc3c3ccccc32)C[C@@H]2CCCO2)cc1. The van der Waals surface area contributed by atoms with E-state index in [-0.39, 0.29) is 24.1 Å². The quantitative estimate of drug-likeness (QED) is 0.409. The number of aliphatic hydroxyl groups excluding tert-OH is 1. The molecule has 7 heteroatoms. The molecule has 1 aromatic heterocycles. The summed E-state index contributed by atoms with van der Waals surface area (Å²) in [6.07, 6.45) is 0.706. The van der Waals surface area contributed by atoms with Crippen LogP contribution in [-0.4, -0.2) is 54.3 Å². The molecule has 1 saturated heterocycles. The van der Waals surface area contributed by atoms with Crippen LogP contribution in [0.5, 0.6) is 0 Å². The number of ether oxygens (including phenoxy) is 1. The van der Waals surface area contributed by atoms with E-state index in [2.05, 4.69) is 16.7 Å². The smallest absolute Gasteiger partial charge is 0.243 e. The topological polar surface area (TPSA) is 71.8 Å². The van der Waals surface area contributed by atoms with Crippen LogP contribution in [0.3, 0.4) is 0 Å². The van der Waals surface area contributed by atoms with Gasteiger partial charge in [0.25, 0.3) is 0 Å². The second-order valence-corrected chi connectivity index (χ2v) is 11.0. The summed E-state index contributed by atoms with van der Waals surface area (Å²) < 4.78 is 36.3. The van der Waals surface area contributed by atoms with Crippen molar-refractivity contribution in [3.05, 3.63) is 78.4 Å². The number of hydrogen-bond acceptors (Lipinski definition) is 4. The molecular formula is C27H30N2O4S. The van der Waals surface area contributed by atoms with Crippen LogP contribution in [0.25, 0.3) is 21.8 Å². The molecule has 2 heterocycles. The zero-order valence-corrected chi connectivity index (χ0v) is 20.1. The molecule has 178 valence electrons. The van der Waals surface area contributed by atoms with Gasteiger partial charge in [-0.2, -0.15) is 4.31 Å². The van der Waals surface area contributed by atoms with Crippen LogP contribution in [0.1, 0.15) is 18.4 Å². The Morgan fingerprint density at radius 1 is 1.00 bits per heavy atom. The van der Waals surface area contributed by atoms with Crippen molar-refractivity contribution in [2.45, 2.75) is 43.4 Å². The maximum Gasteiger partial charge on any atom is 0.243 e. The van der Waals surface area contributed by atoms with E-state index < -0.39 is 16.1 Å². The number of hydrogen-bond donors (Lipinski definition) is 1. The largest absolute Gasteiger partial charge is 0.390 e. The number of fused-ring (bicyclic) bond motifs is 3. The Hall–Kier alpha value is -2.71. The minimum atomic E-state index is -3.78. The first-order chi connectivity index (χ1) is 16.4. The summed E-state index contributed by atoms with van der Waals surface area (Å²) in [6.45, 7) is 3.10. The van der Waals surface area contributed by atoms with Gasteiger partial charge < -0.3 is 14.4 Å². The van der Waals surface area contributed by atoms with E-state index >= 15 is 0 Å². The van der Waals surface area contributed by atoms with E-state index in [9.17, 15) is 13.5 Å². The third-order valence-corrected chi connectivity index (χ3v) is 8.42. The van der Waals surface area contributed by atoms with Crippen molar-refractivity contribution >= 4 is 31.8 Å². The Morgan fingerprint density at radius 2 is 1.62 bits per heavy atom. The summed E-state index contributed by atoms with van der Waals surface area (Å²) in [5.74, 6) is 0. The molecule has 34 heavy (non-hydrogen) atoms. The Bertz CT molecular complexity index is 1340. The molecule has 0 radical (unpaired) electrons. The Kier molecular flexibility index (Phi) is 6.44. The fourth-order valence-electron chi connectivity index (χ4n) is 4.85. The van der Waals surface area contributed by atoms with E-state index in [0.29, 0.717) is 13.2 Å². The van der Waals surface area contributed by atoms with Gasteiger partial charge in [0.2, 0.25) is 10.0 Å². The molecule has 5 rings (SSSR count). The van der Waals surface area contributed by atoms with Crippen molar-refractivity contribution in [2.24, 2.45) is 0 Å². The third kappa shape index (κ3) is 4.49. The number of benzene rings is 3. The number of nitrogens with zero attached hydrogens (tertiary/aromatic N) is 2. The lowest BCUT2D eigenvalue weighted by Gasteiger charge is -2.27. The molecular weight excluding hydrogens is 448 g/mol. The standard InChI is InChI=1S/C27H30N2O4S/c1-20-12-14-23(15-13-20)34(31,32)28(19-22-7-6-16-33-22)17-21(30)18-29-26-10-4-2-8-24(26)25-9-3-5-11-27(25)29/h2-5,8-15,21-22,30H,6-7,16-19H2,1H3/t21-,22+/m1/s1. The molecule has 0 saturated carbocycles. The number of sulfonamides is 1. The fourth-order valence-corrected chi connectivity index (χ4v) is 6.36. The van der Waals surface area contributed by atoms with Crippen LogP contribution in [0.2, 0.25) is 0 Å². The van der Waals surface area contributed by atoms with Gasteiger partial charge in [-0.05, 0) is 44.0 Å². The average molecular weight is 479 g/mol. The summed E-state index contributed by atoms with van der Waals surface area (Å²) in [5, 5.41) is 13.4. The Morgan fingerprint density at radius 3 is 2.21 bits per heavy atom. The van der Waals surface area contributed by atoms with Crippen molar-refractivity contribution in [1.82, 2.24) is 8.87 Å². The van der Waals surface area contributed by atoms with Crippen LogP contribution in [-0.2, 0) is 21.3 Å². The number of aryl methyl sites for hydroxylation is 1. The molecule has 2 atom stereocenters. The number of aromatic nitrogens is 1. The molecule has 3 aromatic carbocycles. The Labute approximate surface area is 200 Å². The molecule has 4 aromatic rings. The van der Waals surface area contributed by atoms with Crippen molar-refractivity contribution in [1.29, 1.82) is 0 Å². The summed E-state index contributed by atoms with van der Waals surface area (Å²) in [6, 6.07) is 23.1. The first-order valence-electron chi connectivity index (χ1n) is 11.8. The predicted molar refractivity (Wildman–Crippen MR) is 134 cm³/mol. The van der Waals surface area contributed by atoms with Crippen LogP contribution >= 0.6 is 0 Å². The van der Waals surface area contributed by atoms with Crippen LogP contribution in [0.15, 0.2) is 77.7 Å². The van der Waals surface area contributed by atoms with Crippen LogP contribution < -0.4 is 0 Å². The number of para-hydroxylation sites is 2. The van der Waals surface area contributed by atoms with Gasteiger partial charge in [0.15, 0.2) is 0 Å². The summed E-state index contributed by atoms with van der Waals surface area (Å²) in [5.41, 5.74) is 3.04. The van der Waals surface area contributed by atoms with Crippen LogP contribution in [0.4, 0.5) is 0 Å². The minimum absolute atomic E-state index is 0.00307.